The van der Waals surface area contributed by atoms with Gasteiger partial charge in [0, 0.05) is 16.7 Å². The van der Waals surface area contributed by atoms with E-state index in [4.69, 9.17) is 16.7 Å². The Morgan fingerprint density at radius 1 is 1.45 bits per heavy atom. The monoisotopic (exact) mass is 321 g/mol. The standard InChI is InChI=1S/C11H12ClNO6S/c1-11(2,10(14)15)20(18,19)6-7-5-8(12)3-4-9(7)13(16)17/h3-5H,6H2,1-2H3,(H,14,15). The Balaban J connectivity index is 3.33. The van der Waals surface area contributed by atoms with Gasteiger partial charge in [0.25, 0.3) is 5.69 Å². The number of carboxylic acid groups (broad SMARTS) is 1. The van der Waals surface area contributed by atoms with Crippen molar-refractivity contribution in [3.63, 3.8) is 0 Å². The second-order valence-corrected chi connectivity index (χ2v) is 7.58. The summed E-state index contributed by atoms with van der Waals surface area (Å²) in [5, 5.41) is 19.9. The highest BCUT2D eigenvalue weighted by Gasteiger charge is 2.42. The lowest BCUT2D eigenvalue weighted by Gasteiger charge is -2.19. The summed E-state index contributed by atoms with van der Waals surface area (Å²) in [6.07, 6.45) is 0. The van der Waals surface area contributed by atoms with Gasteiger partial charge in [-0.15, -0.1) is 0 Å². The van der Waals surface area contributed by atoms with E-state index in [-0.39, 0.29) is 10.6 Å². The summed E-state index contributed by atoms with van der Waals surface area (Å²) in [5.41, 5.74) is -0.559. The summed E-state index contributed by atoms with van der Waals surface area (Å²) in [5.74, 6) is -2.30. The fraction of sp³-hybridized carbons (Fsp3) is 0.364. The average Bonchev–Trinajstić information content (AvgIpc) is 2.27. The molecule has 0 saturated heterocycles. The van der Waals surface area contributed by atoms with Gasteiger partial charge in [0.1, 0.15) is 0 Å². The van der Waals surface area contributed by atoms with Gasteiger partial charge in [-0.1, -0.05) is 11.6 Å². The smallest absolute Gasteiger partial charge is 0.324 e. The zero-order chi connectivity index (χ0) is 15.7. The number of carbonyl (C=O) groups is 1. The Kier molecular flexibility index (Phi) is 4.40. The highest BCUT2D eigenvalue weighted by molar-refractivity contribution is 7.92. The van der Waals surface area contributed by atoms with Crippen molar-refractivity contribution in [1.29, 1.82) is 0 Å². The van der Waals surface area contributed by atoms with Crippen molar-refractivity contribution >= 4 is 33.1 Å². The third kappa shape index (κ3) is 3.07. The number of carboxylic acids is 1. The molecule has 1 aromatic carbocycles. The summed E-state index contributed by atoms with van der Waals surface area (Å²) in [6, 6.07) is 3.49. The number of sulfone groups is 1. The molecule has 7 nitrogen and oxygen atoms in total. The van der Waals surface area contributed by atoms with Crippen LogP contribution in [-0.4, -0.2) is 29.2 Å². The van der Waals surface area contributed by atoms with Gasteiger partial charge in [0.15, 0.2) is 14.6 Å². The first kappa shape index (κ1) is 16.4. The van der Waals surface area contributed by atoms with E-state index in [1.54, 1.807) is 0 Å². The quantitative estimate of drug-likeness (QED) is 0.655. The van der Waals surface area contributed by atoms with Crippen molar-refractivity contribution in [3.8, 4) is 0 Å². The van der Waals surface area contributed by atoms with Crippen LogP contribution >= 0.6 is 11.6 Å². The van der Waals surface area contributed by atoms with Gasteiger partial charge in [0.2, 0.25) is 0 Å². The zero-order valence-corrected chi connectivity index (χ0v) is 12.2. The fourth-order valence-corrected chi connectivity index (χ4v) is 2.83. The first-order valence-electron chi connectivity index (χ1n) is 5.37. The lowest BCUT2D eigenvalue weighted by atomic mass is 10.2. The SMILES string of the molecule is CC(C)(C(=O)O)S(=O)(=O)Cc1cc(Cl)ccc1[N+](=O)[O-]. The minimum atomic E-state index is -4.15. The molecule has 0 atom stereocenters. The van der Waals surface area contributed by atoms with Crippen LogP contribution in [0.25, 0.3) is 0 Å². The predicted molar refractivity (Wildman–Crippen MR) is 72.4 cm³/mol. The van der Waals surface area contributed by atoms with E-state index in [0.717, 1.165) is 26.0 Å². The summed E-state index contributed by atoms with van der Waals surface area (Å²) in [6.45, 7) is 2.06. The lowest BCUT2D eigenvalue weighted by Crippen LogP contribution is -2.41. The molecule has 0 unspecified atom stereocenters. The Hall–Kier alpha value is -1.67. The Morgan fingerprint density at radius 2 is 2.00 bits per heavy atom. The first-order chi connectivity index (χ1) is 8.99. The highest BCUT2D eigenvalue weighted by Crippen LogP contribution is 2.28. The van der Waals surface area contributed by atoms with Crippen LogP contribution in [0.15, 0.2) is 18.2 Å². The Bertz CT molecular complexity index is 667. The van der Waals surface area contributed by atoms with Crippen LogP contribution in [0, 0.1) is 10.1 Å². The maximum Gasteiger partial charge on any atom is 0.324 e. The molecule has 0 aliphatic rings. The summed E-state index contributed by atoms with van der Waals surface area (Å²) < 4.78 is 22.2. The molecule has 0 aromatic heterocycles. The van der Waals surface area contributed by atoms with E-state index < -0.39 is 36.9 Å². The molecule has 0 heterocycles. The number of nitro benzene ring substituents is 1. The van der Waals surface area contributed by atoms with E-state index >= 15 is 0 Å². The first-order valence-corrected chi connectivity index (χ1v) is 7.40. The van der Waals surface area contributed by atoms with Gasteiger partial charge >= 0.3 is 5.97 Å². The molecule has 0 amide bonds. The van der Waals surface area contributed by atoms with Gasteiger partial charge in [-0.05, 0) is 26.0 Å². The Labute approximate surface area is 120 Å². The molecule has 1 rings (SSSR count). The summed E-state index contributed by atoms with van der Waals surface area (Å²) in [4.78, 5) is 21.1. The molecule has 0 spiro atoms. The number of hydrogen-bond donors (Lipinski definition) is 1. The highest BCUT2D eigenvalue weighted by atomic mass is 35.5. The number of nitrogens with zero attached hydrogens (tertiary/aromatic N) is 1. The molecule has 0 fully saturated rings. The molecule has 110 valence electrons. The zero-order valence-electron chi connectivity index (χ0n) is 10.7. The normalized spacial score (nSPS) is 12.2. The fourth-order valence-electron chi connectivity index (χ4n) is 1.37. The van der Waals surface area contributed by atoms with Crippen LogP contribution in [0.3, 0.4) is 0 Å². The number of nitro groups is 1. The van der Waals surface area contributed by atoms with Crippen LogP contribution in [0.4, 0.5) is 5.69 Å². The van der Waals surface area contributed by atoms with Gasteiger partial charge < -0.3 is 5.11 Å². The molecule has 9 heteroatoms. The second-order valence-electron chi connectivity index (χ2n) is 4.60. The molecule has 0 aliphatic carbocycles. The van der Waals surface area contributed by atoms with E-state index in [2.05, 4.69) is 0 Å². The number of hydrogen-bond acceptors (Lipinski definition) is 5. The molecule has 0 radical (unpaired) electrons. The number of benzene rings is 1. The van der Waals surface area contributed by atoms with Gasteiger partial charge in [0.05, 0.1) is 10.7 Å². The molecule has 0 aliphatic heterocycles. The number of rotatable bonds is 5. The van der Waals surface area contributed by atoms with Crippen molar-refractivity contribution in [3.05, 3.63) is 38.9 Å². The van der Waals surface area contributed by atoms with Crippen molar-refractivity contribution < 1.29 is 23.2 Å². The van der Waals surface area contributed by atoms with Crippen molar-refractivity contribution in [2.45, 2.75) is 24.3 Å². The Morgan fingerprint density at radius 3 is 2.45 bits per heavy atom. The summed E-state index contributed by atoms with van der Waals surface area (Å²) in [7, 11) is -4.15. The van der Waals surface area contributed by atoms with Crippen LogP contribution in [0.1, 0.15) is 19.4 Å². The topological polar surface area (TPSA) is 115 Å². The number of aliphatic carboxylic acids is 1. The average molecular weight is 322 g/mol. The van der Waals surface area contributed by atoms with Crippen LogP contribution < -0.4 is 0 Å². The maximum absolute atomic E-state index is 12.1. The predicted octanol–water partition coefficient (Wildman–Crippen LogP) is 2.03. The maximum atomic E-state index is 12.1. The molecule has 0 saturated carbocycles. The molecular weight excluding hydrogens is 310 g/mol. The van der Waals surface area contributed by atoms with Gasteiger partial charge in [-0.3, -0.25) is 14.9 Å². The van der Waals surface area contributed by atoms with Crippen molar-refractivity contribution in [1.82, 2.24) is 0 Å². The minimum Gasteiger partial charge on any atom is -0.480 e. The minimum absolute atomic E-state index is 0.133. The van der Waals surface area contributed by atoms with Gasteiger partial charge in [-0.2, -0.15) is 0 Å². The largest absolute Gasteiger partial charge is 0.480 e. The van der Waals surface area contributed by atoms with Crippen molar-refractivity contribution in [2.24, 2.45) is 0 Å². The van der Waals surface area contributed by atoms with Crippen molar-refractivity contribution in [2.75, 3.05) is 0 Å². The third-order valence-electron chi connectivity index (χ3n) is 2.88. The van der Waals surface area contributed by atoms with E-state index in [9.17, 15) is 23.3 Å². The van der Waals surface area contributed by atoms with E-state index in [1.807, 2.05) is 0 Å². The number of halogens is 1. The van der Waals surface area contributed by atoms with Crippen LogP contribution in [-0.2, 0) is 20.4 Å². The lowest BCUT2D eigenvalue weighted by molar-refractivity contribution is -0.385. The summed E-state index contributed by atoms with van der Waals surface area (Å²) >= 11 is 5.69. The van der Waals surface area contributed by atoms with Crippen LogP contribution in [0.5, 0.6) is 0 Å². The molecule has 0 bridgehead atoms. The molecular formula is C11H12ClNO6S. The van der Waals surface area contributed by atoms with Gasteiger partial charge in [-0.25, -0.2) is 8.42 Å². The van der Waals surface area contributed by atoms with Crippen LogP contribution in [0.2, 0.25) is 5.02 Å². The second kappa shape index (κ2) is 5.37. The third-order valence-corrected chi connectivity index (χ3v) is 5.53. The molecule has 1 N–H and O–H groups in total. The molecule has 20 heavy (non-hydrogen) atoms. The van der Waals surface area contributed by atoms with E-state index in [0.29, 0.717) is 0 Å². The molecule has 1 aromatic rings. The van der Waals surface area contributed by atoms with E-state index in [1.165, 1.54) is 6.07 Å².